The lowest BCUT2D eigenvalue weighted by atomic mass is 10.1. The van der Waals surface area contributed by atoms with E-state index in [1.807, 2.05) is 63.2 Å². The van der Waals surface area contributed by atoms with E-state index in [-0.39, 0.29) is 17.7 Å². The molecule has 2 N–H and O–H groups in total. The number of rotatable bonds is 6. The molecule has 2 aromatic carbocycles. The van der Waals surface area contributed by atoms with E-state index in [2.05, 4.69) is 10.6 Å². The van der Waals surface area contributed by atoms with Crippen molar-refractivity contribution in [3.63, 3.8) is 0 Å². The van der Waals surface area contributed by atoms with Crippen LogP contribution in [0.15, 0.2) is 48.5 Å². The molecule has 0 bridgehead atoms. The van der Waals surface area contributed by atoms with E-state index >= 15 is 0 Å². The van der Waals surface area contributed by atoms with E-state index in [1.54, 1.807) is 6.07 Å². The predicted molar refractivity (Wildman–Crippen MR) is 107 cm³/mol. The summed E-state index contributed by atoms with van der Waals surface area (Å²) in [5, 5.41) is 5.79. The van der Waals surface area contributed by atoms with Gasteiger partial charge in [0.2, 0.25) is 12.0 Å². The molecule has 1 aliphatic rings. The zero-order valence-corrected chi connectivity index (χ0v) is 16.4. The van der Waals surface area contributed by atoms with Crippen LogP contribution in [0, 0.1) is 5.92 Å². The van der Waals surface area contributed by atoms with Crippen molar-refractivity contribution < 1.29 is 19.1 Å². The first-order valence-corrected chi connectivity index (χ1v) is 9.57. The lowest BCUT2D eigenvalue weighted by Gasteiger charge is -2.31. The number of anilines is 1. The molecule has 148 valence electrons. The number of fused-ring (bicyclic) bond motifs is 1. The summed E-state index contributed by atoms with van der Waals surface area (Å²) in [6, 6.07) is 14.8. The molecule has 0 spiro atoms. The average Bonchev–Trinajstić information content (AvgIpc) is 2.71. The monoisotopic (exact) mass is 382 g/mol. The minimum atomic E-state index is -0.719. The highest BCUT2D eigenvalue weighted by Gasteiger charge is 2.33. The van der Waals surface area contributed by atoms with Gasteiger partial charge in [0.15, 0.2) is 11.5 Å². The second-order valence-electron chi connectivity index (χ2n) is 7.02. The first-order chi connectivity index (χ1) is 13.5. The molecule has 3 rings (SSSR count). The van der Waals surface area contributed by atoms with E-state index in [0.29, 0.717) is 18.0 Å². The van der Waals surface area contributed by atoms with Gasteiger partial charge in [-0.3, -0.25) is 9.59 Å². The third-order valence-corrected chi connectivity index (χ3v) is 4.82. The smallest absolute Gasteiger partial charge is 0.265 e. The van der Waals surface area contributed by atoms with Crippen molar-refractivity contribution in [3.05, 3.63) is 54.1 Å². The largest absolute Gasteiger partial charge is 0.482 e. The summed E-state index contributed by atoms with van der Waals surface area (Å²) in [5.74, 6) is 0.912. The summed E-state index contributed by atoms with van der Waals surface area (Å²) in [4.78, 5) is 24.6. The van der Waals surface area contributed by atoms with Crippen LogP contribution in [0.25, 0.3) is 0 Å². The average molecular weight is 382 g/mol. The van der Waals surface area contributed by atoms with Crippen LogP contribution in [0.4, 0.5) is 5.69 Å². The normalized spacial score (nSPS) is 18.8. The second kappa shape index (κ2) is 8.78. The number of hydrogen-bond acceptors (Lipinski definition) is 4. The fourth-order valence-corrected chi connectivity index (χ4v) is 2.91. The van der Waals surface area contributed by atoms with Crippen molar-refractivity contribution in [1.82, 2.24) is 5.32 Å². The van der Waals surface area contributed by atoms with Crippen LogP contribution in [0.5, 0.6) is 11.5 Å². The Labute approximate surface area is 165 Å². The Bertz CT molecular complexity index is 852. The van der Waals surface area contributed by atoms with E-state index in [4.69, 9.17) is 9.47 Å². The molecule has 0 aromatic heterocycles. The Morgan fingerprint density at radius 2 is 1.79 bits per heavy atom. The van der Waals surface area contributed by atoms with Gasteiger partial charge in [0.25, 0.3) is 5.91 Å². The molecule has 1 aliphatic heterocycles. The lowest BCUT2D eigenvalue weighted by molar-refractivity contribution is -0.133. The molecule has 0 saturated heterocycles. The van der Waals surface area contributed by atoms with Crippen LogP contribution in [0.3, 0.4) is 0 Å². The highest BCUT2D eigenvalue weighted by molar-refractivity contribution is 5.92. The molecule has 0 unspecified atom stereocenters. The van der Waals surface area contributed by atoms with Gasteiger partial charge >= 0.3 is 0 Å². The minimum absolute atomic E-state index is 0.0102. The molecule has 0 aliphatic carbocycles. The van der Waals surface area contributed by atoms with E-state index in [9.17, 15) is 9.59 Å². The zero-order chi connectivity index (χ0) is 20.1. The van der Waals surface area contributed by atoms with Crippen molar-refractivity contribution in [2.45, 2.75) is 45.9 Å². The molecule has 3 atom stereocenters. The molecule has 0 radical (unpaired) electrons. The molecule has 28 heavy (non-hydrogen) atoms. The standard InChI is InChI=1S/C22H26N2O4/c1-4-14(2)21(25)24-17-9-7-8-16(12-17)13-23-22(26)20-15(3)27-18-10-5-6-11-19(18)28-20/h5-12,14-15,20H,4,13H2,1-3H3,(H,23,26)(H,24,25)/t14-,15+,20+/m0/s1. The van der Waals surface area contributed by atoms with Crippen molar-refractivity contribution >= 4 is 17.5 Å². The van der Waals surface area contributed by atoms with Crippen LogP contribution >= 0.6 is 0 Å². The Kier molecular flexibility index (Phi) is 6.19. The molecule has 6 nitrogen and oxygen atoms in total. The van der Waals surface area contributed by atoms with Crippen LogP contribution in [-0.4, -0.2) is 24.0 Å². The Balaban J connectivity index is 1.59. The Morgan fingerprint density at radius 3 is 2.50 bits per heavy atom. The molecular formula is C22H26N2O4. The number of hydrogen-bond donors (Lipinski definition) is 2. The summed E-state index contributed by atoms with van der Waals surface area (Å²) >= 11 is 0. The fourth-order valence-electron chi connectivity index (χ4n) is 2.91. The lowest BCUT2D eigenvalue weighted by Crippen LogP contribution is -2.48. The van der Waals surface area contributed by atoms with Gasteiger partial charge in [-0.15, -0.1) is 0 Å². The van der Waals surface area contributed by atoms with Crippen molar-refractivity contribution in [2.75, 3.05) is 5.32 Å². The van der Waals surface area contributed by atoms with Crippen LogP contribution < -0.4 is 20.1 Å². The van der Waals surface area contributed by atoms with E-state index in [0.717, 1.165) is 17.7 Å². The molecular weight excluding hydrogens is 356 g/mol. The highest BCUT2D eigenvalue weighted by atomic mass is 16.6. The van der Waals surface area contributed by atoms with Gasteiger partial charge in [-0.1, -0.05) is 38.1 Å². The number of nitrogens with one attached hydrogen (secondary N) is 2. The summed E-state index contributed by atoms with van der Waals surface area (Å²) in [6.07, 6.45) is -0.328. The van der Waals surface area contributed by atoms with Gasteiger partial charge in [-0.05, 0) is 43.2 Å². The van der Waals surface area contributed by atoms with Crippen molar-refractivity contribution in [1.29, 1.82) is 0 Å². The van der Waals surface area contributed by atoms with E-state index < -0.39 is 12.2 Å². The van der Waals surface area contributed by atoms with Crippen LogP contribution in [0.2, 0.25) is 0 Å². The molecule has 2 aromatic rings. The number of carbonyl (C=O) groups excluding carboxylic acids is 2. The first kappa shape index (κ1) is 19.7. The molecule has 0 saturated carbocycles. The number of ether oxygens (including phenoxy) is 2. The number of amides is 2. The fraction of sp³-hybridized carbons (Fsp3) is 0.364. The number of para-hydroxylation sites is 2. The topological polar surface area (TPSA) is 76.7 Å². The quantitative estimate of drug-likeness (QED) is 0.801. The van der Waals surface area contributed by atoms with Gasteiger partial charge in [0, 0.05) is 18.2 Å². The number of benzene rings is 2. The Morgan fingerprint density at radius 1 is 1.07 bits per heavy atom. The third-order valence-electron chi connectivity index (χ3n) is 4.82. The zero-order valence-electron chi connectivity index (χ0n) is 16.4. The SMILES string of the molecule is CC[C@H](C)C(=O)Nc1cccc(CNC(=O)[C@@H]2Oc3ccccc3O[C@@H]2C)c1. The highest BCUT2D eigenvalue weighted by Crippen LogP contribution is 2.33. The minimum Gasteiger partial charge on any atom is -0.482 e. The summed E-state index contributed by atoms with van der Waals surface area (Å²) in [5.41, 5.74) is 1.61. The summed E-state index contributed by atoms with van der Waals surface area (Å²) in [7, 11) is 0. The summed E-state index contributed by atoms with van der Waals surface area (Å²) in [6.45, 7) is 6.02. The molecule has 2 amide bonds. The first-order valence-electron chi connectivity index (χ1n) is 9.57. The van der Waals surface area contributed by atoms with Crippen LogP contribution in [0.1, 0.15) is 32.8 Å². The van der Waals surface area contributed by atoms with Crippen LogP contribution in [-0.2, 0) is 16.1 Å². The maximum Gasteiger partial charge on any atom is 0.265 e. The maximum absolute atomic E-state index is 12.6. The van der Waals surface area contributed by atoms with E-state index in [1.165, 1.54) is 0 Å². The molecule has 0 fully saturated rings. The third kappa shape index (κ3) is 4.63. The Hall–Kier alpha value is -3.02. The van der Waals surface area contributed by atoms with Crippen molar-refractivity contribution in [3.8, 4) is 11.5 Å². The predicted octanol–water partition coefficient (Wildman–Crippen LogP) is 3.52. The molecule has 1 heterocycles. The number of carbonyl (C=O) groups is 2. The van der Waals surface area contributed by atoms with Gasteiger partial charge in [-0.25, -0.2) is 0 Å². The second-order valence-corrected chi connectivity index (χ2v) is 7.02. The maximum atomic E-state index is 12.6. The van der Waals surface area contributed by atoms with Gasteiger partial charge < -0.3 is 20.1 Å². The van der Waals surface area contributed by atoms with Crippen molar-refractivity contribution in [2.24, 2.45) is 5.92 Å². The van der Waals surface area contributed by atoms with Gasteiger partial charge in [0.1, 0.15) is 6.10 Å². The molecule has 6 heteroatoms. The summed E-state index contributed by atoms with van der Waals surface area (Å²) < 4.78 is 11.6. The van der Waals surface area contributed by atoms with Gasteiger partial charge in [0.05, 0.1) is 0 Å². The van der Waals surface area contributed by atoms with Gasteiger partial charge in [-0.2, -0.15) is 0 Å².